The molecule has 14 heavy (non-hydrogen) atoms. The fourth-order valence-corrected chi connectivity index (χ4v) is 1.84. The van der Waals surface area contributed by atoms with E-state index in [1.54, 1.807) is 6.92 Å². The Bertz CT molecular complexity index is 516. The summed E-state index contributed by atoms with van der Waals surface area (Å²) >= 11 is 0. The molecule has 0 saturated heterocycles. The van der Waals surface area contributed by atoms with Crippen molar-refractivity contribution in [3.05, 3.63) is 28.2 Å². The number of hydrogen-bond acceptors (Lipinski definition) is 2. The van der Waals surface area contributed by atoms with Crippen LogP contribution in [0.4, 0.5) is 0 Å². The molecular weight excluding hydrogens is 176 g/mol. The summed E-state index contributed by atoms with van der Waals surface area (Å²) in [5.41, 5.74) is 3.05. The zero-order valence-electron chi connectivity index (χ0n) is 8.70. The van der Waals surface area contributed by atoms with Gasteiger partial charge in [0.1, 0.15) is 16.6 Å². The molecule has 2 rings (SSSR count). The van der Waals surface area contributed by atoms with E-state index in [-0.39, 0.29) is 0 Å². The third-order valence-corrected chi connectivity index (χ3v) is 2.47. The number of rotatable bonds is 0. The maximum atomic E-state index is 9.54. The Morgan fingerprint density at radius 2 is 2.21 bits per heavy atom. The highest BCUT2D eigenvalue weighted by Crippen LogP contribution is 1.99. The van der Waals surface area contributed by atoms with Crippen molar-refractivity contribution in [2.75, 3.05) is 0 Å². The highest BCUT2D eigenvalue weighted by molar-refractivity contribution is 5.45. The van der Waals surface area contributed by atoms with Gasteiger partial charge in [0, 0.05) is 6.54 Å². The Morgan fingerprint density at radius 3 is 2.86 bits per heavy atom. The van der Waals surface area contributed by atoms with Crippen molar-refractivity contribution in [3.63, 3.8) is 0 Å². The number of aliphatic hydroxyl groups excluding tert-OH is 1. The Hall–Kier alpha value is -1.51. The summed E-state index contributed by atoms with van der Waals surface area (Å²) in [6.07, 6.45) is 4.16. The average molecular weight is 190 g/mol. The lowest BCUT2D eigenvalue weighted by Gasteiger charge is -2.06. The lowest BCUT2D eigenvalue weighted by Crippen LogP contribution is -2.30. The normalized spacial score (nSPS) is 16.9. The third-order valence-electron chi connectivity index (χ3n) is 2.47. The molecule has 0 radical (unpaired) electrons. The van der Waals surface area contributed by atoms with Crippen LogP contribution in [-0.2, 0) is 6.54 Å². The van der Waals surface area contributed by atoms with Crippen LogP contribution in [0, 0.1) is 6.92 Å². The molecule has 0 aromatic carbocycles. The largest absolute Gasteiger partial charge is 0.510 e. The van der Waals surface area contributed by atoms with Gasteiger partial charge < -0.3 is 9.67 Å². The quantitative estimate of drug-likeness (QED) is 0.651. The number of allylic oxidation sites excluding steroid dienone is 2. The second kappa shape index (κ2) is 3.01. The predicted molar refractivity (Wildman–Crippen MR) is 56.1 cm³/mol. The van der Waals surface area contributed by atoms with Gasteiger partial charge in [-0.1, -0.05) is 6.08 Å². The van der Waals surface area contributed by atoms with Crippen LogP contribution in [0.3, 0.4) is 0 Å². The Labute approximate surface area is 82.7 Å². The van der Waals surface area contributed by atoms with Crippen LogP contribution in [0.25, 0.3) is 11.8 Å². The van der Waals surface area contributed by atoms with Gasteiger partial charge >= 0.3 is 0 Å². The fraction of sp³-hybridized carbons (Fsp3) is 0.364. The molecule has 0 saturated carbocycles. The molecule has 1 aliphatic rings. The minimum absolute atomic E-state index is 0.336. The van der Waals surface area contributed by atoms with E-state index in [1.165, 1.54) is 5.57 Å². The van der Waals surface area contributed by atoms with Gasteiger partial charge in [-0.05, 0) is 32.4 Å². The van der Waals surface area contributed by atoms with E-state index in [1.807, 2.05) is 17.6 Å². The van der Waals surface area contributed by atoms with Crippen molar-refractivity contribution < 1.29 is 5.11 Å². The van der Waals surface area contributed by atoms with Crippen LogP contribution in [0.15, 0.2) is 11.6 Å². The zero-order chi connectivity index (χ0) is 10.3. The van der Waals surface area contributed by atoms with Crippen molar-refractivity contribution >= 4 is 11.8 Å². The number of aromatic nitrogens is 2. The van der Waals surface area contributed by atoms with Crippen LogP contribution in [0.5, 0.6) is 0 Å². The smallest absolute Gasteiger partial charge is 0.134 e. The van der Waals surface area contributed by atoms with Gasteiger partial charge in [0.05, 0.1) is 5.69 Å². The van der Waals surface area contributed by atoms with Gasteiger partial charge in [-0.3, -0.25) is 0 Å². The second-order valence-electron chi connectivity index (χ2n) is 3.69. The minimum atomic E-state index is 0.336. The molecule has 0 aliphatic carbocycles. The number of hydrogen-bond donors (Lipinski definition) is 1. The van der Waals surface area contributed by atoms with Gasteiger partial charge in [-0.25, -0.2) is 4.98 Å². The summed E-state index contributed by atoms with van der Waals surface area (Å²) in [6, 6.07) is 0. The summed E-state index contributed by atoms with van der Waals surface area (Å²) in [5, 5.41) is 10.4. The van der Waals surface area contributed by atoms with Crippen LogP contribution < -0.4 is 10.8 Å². The van der Waals surface area contributed by atoms with Crippen LogP contribution >= 0.6 is 0 Å². The van der Waals surface area contributed by atoms with Crippen molar-refractivity contribution in [3.8, 4) is 0 Å². The maximum absolute atomic E-state index is 9.54. The van der Waals surface area contributed by atoms with Gasteiger partial charge in [0.25, 0.3) is 0 Å². The van der Waals surface area contributed by atoms with Crippen LogP contribution in [0.2, 0.25) is 0 Å². The first-order valence-corrected chi connectivity index (χ1v) is 4.71. The van der Waals surface area contributed by atoms with Gasteiger partial charge in [-0.15, -0.1) is 0 Å². The van der Waals surface area contributed by atoms with E-state index >= 15 is 0 Å². The van der Waals surface area contributed by atoms with Crippen molar-refractivity contribution in [1.29, 1.82) is 0 Å². The maximum Gasteiger partial charge on any atom is 0.134 e. The first kappa shape index (κ1) is 9.06. The van der Waals surface area contributed by atoms with Gasteiger partial charge in [-0.2, -0.15) is 0 Å². The predicted octanol–water partition coefficient (Wildman–Crippen LogP) is 0.618. The molecular formula is C11H14N2O. The van der Waals surface area contributed by atoms with Gasteiger partial charge in [0.2, 0.25) is 0 Å². The number of fused-ring (bicyclic) bond motifs is 1. The Kier molecular flexibility index (Phi) is 1.95. The molecule has 74 valence electrons. The van der Waals surface area contributed by atoms with E-state index in [0.717, 1.165) is 23.1 Å². The summed E-state index contributed by atoms with van der Waals surface area (Å²) in [5.74, 6) is 0.336. The number of aryl methyl sites for hydroxylation is 1. The molecule has 0 unspecified atom stereocenters. The Balaban J connectivity index is 2.84. The summed E-state index contributed by atoms with van der Waals surface area (Å²) in [7, 11) is 0. The van der Waals surface area contributed by atoms with Gasteiger partial charge in [0.15, 0.2) is 0 Å². The summed E-state index contributed by atoms with van der Waals surface area (Å²) in [4.78, 5) is 4.41. The summed E-state index contributed by atoms with van der Waals surface area (Å²) in [6.45, 7) is 6.47. The molecule has 1 aromatic rings. The standard InChI is InChI=1S/C11H14N2O/c1-7-4-5-13-10(6-7)12-8(2)11(13)9(3)14/h4,6,14H,5H2,1-3H3/b11-9-. The molecule has 0 spiro atoms. The Morgan fingerprint density at radius 1 is 1.50 bits per heavy atom. The monoisotopic (exact) mass is 190 g/mol. The molecule has 1 N–H and O–H groups in total. The molecule has 0 atom stereocenters. The van der Waals surface area contributed by atoms with E-state index in [2.05, 4.69) is 18.0 Å². The van der Waals surface area contributed by atoms with Crippen molar-refractivity contribution in [2.24, 2.45) is 0 Å². The molecule has 0 bridgehead atoms. The number of imidazole rings is 1. The summed E-state index contributed by atoms with van der Waals surface area (Å²) < 4.78 is 2.03. The highest BCUT2D eigenvalue weighted by Gasteiger charge is 2.07. The highest BCUT2D eigenvalue weighted by atomic mass is 16.3. The van der Waals surface area contributed by atoms with E-state index in [0.29, 0.717) is 5.76 Å². The molecule has 3 nitrogen and oxygen atoms in total. The molecule has 1 aromatic heterocycles. The SMILES string of the molecule is CC1=CCn2c(nc(C)/c2=C(\C)O)=C1. The molecule has 0 amide bonds. The van der Waals surface area contributed by atoms with E-state index < -0.39 is 0 Å². The lowest BCUT2D eigenvalue weighted by molar-refractivity contribution is 0.491. The second-order valence-corrected chi connectivity index (χ2v) is 3.69. The van der Waals surface area contributed by atoms with Crippen molar-refractivity contribution in [1.82, 2.24) is 9.55 Å². The lowest BCUT2D eigenvalue weighted by atomic mass is 10.2. The first-order chi connectivity index (χ1) is 6.59. The molecule has 2 heterocycles. The molecule has 1 aliphatic heterocycles. The molecule has 0 fully saturated rings. The van der Waals surface area contributed by atoms with Crippen molar-refractivity contribution in [2.45, 2.75) is 27.3 Å². The van der Waals surface area contributed by atoms with Crippen LogP contribution in [0.1, 0.15) is 19.5 Å². The first-order valence-electron chi connectivity index (χ1n) is 4.71. The zero-order valence-corrected chi connectivity index (χ0v) is 8.70. The third kappa shape index (κ3) is 1.25. The van der Waals surface area contributed by atoms with E-state index in [9.17, 15) is 5.11 Å². The fourth-order valence-electron chi connectivity index (χ4n) is 1.84. The molecule has 3 heteroatoms. The topological polar surface area (TPSA) is 38.0 Å². The number of aliphatic hydroxyl groups is 1. The van der Waals surface area contributed by atoms with Crippen LogP contribution in [-0.4, -0.2) is 14.7 Å². The number of nitrogens with zero attached hydrogens (tertiary/aromatic N) is 2. The van der Waals surface area contributed by atoms with E-state index in [4.69, 9.17) is 0 Å². The minimum Gasteiger partial charge on any atom is -0.510 e. The average Bonchev–Trinajstić information content (AvgIpc) is 2.39.